The van der Waals surface area contributed by atoms with Crippen molar-refractivity contribution in [2.24, 2.45) is 0 Å². The van der Waals surface area contributed by atoms with E-state index in [1.807, 2.05) is 12.1 Å². The Labute approximate surface area is 136 Å². The molecule has 0 radical (unpaired) electrons. The number of thioether (sulfide) groups is 1. The second kappa shape index (κ2) is 5.86. The van der Waals surface area contributed by atoms with Crippen LogP contribution in [0.25, 0.3) is 0 Å². The lowest BCUT2D eigenvalue weighted by molar-refractivity contribution is -0.145. The number of amides is 2. The number of aliphatic hydroxyl groups is 1. The van der Waals surface area contributed by atoms with Gasteiger partial charge in [0.05, 0.1) is 6.10 Å². The van der Waals surface area contributed by atoms with Crippen molar-refractivity contribution >= 4 is 29.5 Å². The molecule has 0 spiro atoms. The number of nitrogens with zero attached hydrogens (tertiary/aromatic N) is 1. The summed E-state index contributed by atoms with van der Waals surface area (Å²) in [5.41, 5.74) is 1.45. The number of fused-ring (bicyclic) bond motifs is 3. The number of aliphatic carboxylic acids is 1. The minimum absolute atomic E-state index is 0.218. The van der Waals surface area contributed by atoms with Crippen LogP contribution in [0.2, 0.25) is 0 Å². The molecule has 23 heavy (non-hydrogen) atoms. The van der Waals surface area contributed by atoms with Gasteiger partial charge in [0.2, 0.25) is 5.91 Å². The topological polar surface area (TPSA) is 107 Å². The number of nitrogens with one attached hydrogen (secondary N) is 1. The second-order valence-electron chi connectivity index (χ2n) is 5.57. The Bertz CT molecular complexity index is 678. The van der Waals surface area contributed by atoms with Crippen molar-refractivity contribution in [2.45, 2.75) is 30.5 Å². The highest BCUT2D eigenvalue weighted by molar-refractivity contribution is 7.99. The molecule has 2 aliphatic heterocycles. The first-order valence-electron chi connectivity index (χ1n) is 7.16. The number of aliphatic hydroxyl groups excluding tert-OH is 1. The average Bonchev–Trinajstić information content (AvgIpc) is 3.05. The summed E-state index contributed by atoms with van der Waals surface area (Å²) in [6, 6.07) is 5.06. The average molecular weight is 336 g/mol. The molecule has 8 heteroatoms. The lowest BCUT2D eigenvalue weighted by Crippen LogP contribution is -2.54. The summed E-state index contributed by atoms with van der Waals surface area (Å²) in [6.45, 7) is 1.29. The predicted octanol–water partition coefficient (Wildman–Crippen LogP) is 0.207. The molecule has 2 heterocycles. The lowest BCUT2D eigenvalue weighted by Gasteiger charge is -2.25. The van der Waals surface area contributed by atoms with E-state index in [4.69, 9.17) is 5.11 Å². The van der Waals surface area contributed by atoms with Gasteiger partial charge >= 0.3 is 5.97 Å². The van der Waals surface area contributed by atoms with Gasteiger partial charge in [-0.15, -0.1) is 11.8 Å². The molecule has 0 saturated carbocycles. The zero-order valence-electron chi connectivity index (χ0n) is 12.3. The van der Waals surface area contributed by atoms with Gasteiger partial charge in [-0.05, 0) is 18.6 Å². The molecular weight excluding hydrogens is 320 g/mol. The molecular formula is C15H16N2O5S. The summed E-state index contributed by atoms with van der Waals surface area (Å²) >= 11 is 1.47. The largest absolute Gasteiger partial charge is 0.480 e. The van der Waals surface area contributed by atoms with Gasteiger partial charge in [0, 0.05) is 11.3 Å². The van der Waals surface area contributed by atoms with Gasteiger partial charge < -0.3 is 20.4 Å². The van der Waals surface area contributed by atoms with Crippen LogP contribution in [0.4, 0.5) is 0 Å². The molecule has 122 valence electrons. The molecule has 1 aromatic rings. The number of carbonyl (C=O) groups excluding carboxylic acids is 2. The van der Waals surface area contributed by atoms with E-state index in [0.29, 0.717) is 11.3 Å². The van der Waals surface area contributed by atoms with Crippen molar-refractivity contribution in [1.29, 1.82) is 0 Å². The number of benzene rings is 1. The number of hydrogen-bond donors (Lipinski definition) is 3. The maximum Gasteiger partial charge on any atom is 0.328 e. The van der Waals surface area contributed by atoms with E-state index in [1.54, 1.807) is 12.1 Å². The van der Waals surface area contributed by atoms with Crippen LogP contribution in [0.5, 0.6) is 0 Å². The Morgan fingerprint density at radius 1 is 1.39 bits per heavy atom. The molecule has 1 saturated heterocycles. The van der Waals surface area contributed by atoms with E-state index >= 15 is 0 Å². The van der Waals surface area contributed by atoms with Gasteiger partial charge in [0.15, 0.2) is 6.04 Å². The highest BCUT2D eigenvalue weighted by atomic mass is 32.2. The Balaban J connectivity index is 1.80. The van der Waals surface area contributed by atoms with Crippen LogP contribution in [0.3, 0.4) is 0 Å². The van der Waals surface area contributed by atoms with Crippen LogP contribution in [0.1, 0.15) is 28.2 Å². The molecule has 2 amide bonds. The van der Waals surface area contributed by atoms with E-state index in [1.165, 1.54) is 23.6 Å². The summed E-state index contributed by atoms with van der Waals surface area (Å²) in [7, 11) is 0. The number of rotatable bonds is 4. The quantitative estimate of drug-likeness (QED) is 0.725. The smallest absolute Gasteiger partial charge is 0.328 e. The van der Waals surface area contributed by atoms with Gasteiger partial charge in [-0.25, -0.2) is 4.79 Å². The molecule has 2 aliphatic rings. The molecule has 0 bridgehead atoms. The first kappa shape index (κ1) is 15.8. The zero-order valence-corrected chi connectivity index (χ0v) is 13.1. The highest BCUT2D eigenvalue weighted by Gasteiger charge is 2.48. The number of carbonyl (C=O) groups is 3. The highest BCUT2D eigenvalue weighted by Crippen LogP contribution is 2.48. The van der Waals surface area contributed by atoms with Crippen LogP contribution < -0.4 is 5.32 Å². The minimum atomic E-state index is -1.40. The minimum Gasteiger partial charge on any atom is -0.480 e. The van der Waals surface area contributed by atoms with Gasteiger partial charge in [0.1, 0.15) is 11.4 Å². The number of carboxylic acids is 1. The number of carboxylic acid groups (broad SMARTS) is 1. The van der Waals surface area contributed by atoms with Crippen molar-refractivity contribution in [3.8, 4) is 0 Å². The Hall–Kier alpha value is -2.06. The first-order valence-corrected chi connectivity index (χ1v) is 8.21. The third-order valence-corrected chi connectivity index (χ3v) is 5.35. The van der Waals surface area contributed by atoms with E-state index in [9.17, 15) is 19.5 Å². The molecule has 7 nitrogen and oxygen atoms in total. The molecule has 0 unspecified atom stereocenters. The Morgan fingerprint density at radius 2 is 2.09 bits per heavy atom. The standard InChI is InChI=1S/C15H16N2O5S/c1-7(18)11(15(21)22)16-12(19)10-6-23-14-9-5-3-2-4-8(9)13(20)17(10)14/h2-5,7,10-11,14,18H,6H2,1H3,(H,16,19)(H,21,22)/t7-,10+,11+,14+/m1/s1. The van der Waals surface area contributed by atoms with Crippen LogP contribution in [0.15, 0.2) is 24.3 Å². The van der Waals surface area contributed by atoms with Crippen molar-refractivity contribution < 1.29 is 24.6 Å². The van der Waals surface area contributed by atoms with E-state index in [2.05, 4.69) is 5.32 Å². The third-order valence-electron chi connectivity index (χ3n) is 4.04. The number of hydrogen-bond acceptors (Lipinski definition) is 5. The van der Waals surface area contributed by atoms with Crippen LogP contribution in [0, 0.1) is 0 Å². The fourth-order valence-corrected chi connectivity index (χ4v) is 4.35. The molecule has 4 atom stereocenters. The third kappa shape index (κ3) is 2.57. The van der Waals surface area contributed by atoms with E-state index in [0.717, 1.165) is 5.56 Å². The predicted molar refractivity (Wildman–Crippen MR) is 82.8 cm³/mol. The fourth-order valence-electron chi connectivity index (χ4n) is 2.88. The zero-order chi connectivity index (χ0) is 16.7. The van der Waals surface area contributed by atoms with Crippen molar-refractivity contribution in [3.05, 3.63) is 35.4 Å². The monoisotopic (exact) mass is 336 g/mol. The molecule has 3 N–H and O–H groups in total. The van der Waals surface area contributed by atoms with Crippen LogP contribution >= 0.6 is 11.8 Å². The molecule has 3 rings (SSSR count). The molecule has 0 aliphatic carbocycles. The van der Waals surface area contributed by atoms with Gasteiger partial charge in [-0.2, -0.15) is 0 Å². The van der Waals surface area contributed by atoms with Crippen molar-refractivity contribution in [1.82, 2.24) is 10.2 Å². The normalized spacial score (nSPS) is 24.8. The molecule has 0 aromatic heterocycles. The summed E-state index contributed by atoms with van der Waals surface area (Å²) < 4.78 is 0. The van der Waals surface area contributed by atoms with Crippen LogP contribution in [-0.2, 0) is 9.59 Å². The maximum atomic E-state index is 12.5. The van der Waals surface area contributed by atoms with Crippen molar-refractivity contribution in [3.63, 3.8) is 0 Å². The summed E-state index contributed by atoms with van der Waals surface area (Å²) in [5.74, 6) is -1.70. The van der Waals surface area contributed by atoms with E-state index in [-0.39, 0.29) is 11.3 Å². The van der Waals surface area contributed by atoms with Gasteiger partial charge in [-0.3, -0.25) is 9.59 Å². The van der Waals surface area contributed by atoms with Crippen molar-refractivity contribution in [2.75, 3.05) is 5.75 Å². The Kier molecular flexibility index (Phi) is 4.03. The molecule has 1 fully saturated rings. The Morgan fingerprint density at radius 3 is 2.74 bits per heavy atom. The summed E-state index contributed by atoms with van der Waals surface area (Å²) in [6.07, 6.45) is -1.23. The SMILES string of the molecule is C[C@@H](O)[C@H](NC(=O)[C@@H]1CS[C@H]2c3ccccc3C(=O)N12)C(=O)O. The fraction of sp³-hybridized carbons (Fsp3) is 0.400. The van der Waals surface area contributed by atoms with Gasteiger partial charge in [0.25, 0.3) is 5.91 Å². The lowest BCUT2D eigenvalue weighted by atomic mass is 10.1. The van der Waals surface area contributed by atoms with E-state index < -0.39 is 30.1 Å². The summed E-state index contributed by atoms with van der Waals surface area (Å²) in [5, 5.41) is 20.6. The van der Waals surface area contributed by atoms with Crippen LogP contribution in [-0.4, -0.2) is 56.8 Å². The second-order valence-corrected chi connectivity index (χ2v) is 6.68. The molecule has 1 aromatic carbocycles. The first-order chi connectivity index (χ1) is 10.9. The summed E-state index contributed by atoms with van der Waals surface area (Å²) in [4.78, 5) is 37.5. The van der Waals surface area contributed by atoms with Gasteiger partial charge in [-0.1, -0.05) is 18.2 Å². The maximum absolute atomic E-state index is 12.5.